The van der Waals surface area contributed by atoms with Crippen molar-refractivity contribution in [3.63, 3.8) is 0 Å². The van der Waals surface area contributed by atoms with Crippen molar-refractivity contribution < 1.29 is 9.59 Å². The number of benzene rings is 1. The molecule has 114 valence electrons. The van der Waals surface area contributed by atoms with Crippen molar-refractivity contribution in [1.82, 2.24) is 20.1 Å². The molecule has 2 heterocycles. The molecule has 2 aromatic rings. The number of hydrogen-bond donors (Lipinski definition) is 2. The first-order chi connectivity index (χ1) is 10.7. The molecule has 22 heavy (non-hydrogen) atoms. The first-order valence-electron chi connectivity index (χ1n) is 7.23. The largest absolute Gasteiger partial charge is 0.349 e. The van der Waals surface area contributed by atoms with E-state index in [1.54, 1.807) is 11.0 Å². The minimum atomic E-state index is -0.260. The average Bonchev–Trinajstić information content (AvgIpc) is 3.00. The number of anilines is 1. The van der Waals surface area contributed by atoms with Crippen molar-refractivity contribution in [2.45, 2.75) is 31.8 Å². The minimum absolute atomic E-state index is 0.0605. The summed E-state index contributed by atoms with van der Waals surface area (Å²) in [5, 5.41) is 9.75. The molecular formula is C15H17N5O2. The summed E-state index contributed by atoms with van der Waals surface area (Å²) in [4.78, 5) is 27.6. The van der Waals surface area contributed by atoms with Crippen LogP contribution >= 0.6 is 0 Å². The molecule has 0 bridgehead atoms. The third-order valence-electron chi connectivity index (χ3n) is 3.59. The molecule has 0 aliphatic carbocycles. The Labute approximate surface area is 127 Å². The summed E-state index contributed by atoms with van der Waals surface area (Å²) < 4.78 is 1.69. The Balaban J connectivity index is 1.56. The molecule has 2 N–H and O–H groups in total. The van der Waals surface area contributed by atoms with Gasteiger partial charge in [0.1, 0.15) is 12.7 Å². The lowest BCUT2D eigenvalue weighted by molar-refractivity contribution is -0.122. The highest BCUT2D eigenvalue weighted by molar-refractivity contribution is 5.95. The molecule has 0 fully saturated rings. The lowest BCUT2D eigenvalue weighted by Crippen LogP contribution is -2.35. The molecule has 7 nitrogen and oxygen atoms in total. The van der Waals surface area contributed by atoms with Gasteiger partial charge in [0.25, 0.3) is 0 Å². The molecule has 1 atom stereocenters. The summed E-state index contributed by atoms with van der Waals surface area (Å²) in [6.07, 6.45) is 4.43. The van der Waals surface area contributed by atoms with Crippen LogP contribution in [-0.2, 0) is 16.1 Å². The number of carbonyl (C=O) groups is 2. The molecule has 1 aromatic heterocycles. The van der Waals surface area contributed by atoms with Gasteiger partial charge in [-0.1, -0.05) is 18.2 Å². The Morgan fingerprint density at radius 1 is 1.41 bits per heavy atom. The van der Waals surface area contributed by atoms with Crippen LogP contribution in [0, 0.1) is 0 Å². The number of carbonyl (C=O) groups excluding carboxylic acids is 2. The van der Waals surface area contributed by atoms with Crippen LogP contribution in [0.4, 0.5) is 5.69 Å². The van der Waals surface area contributed by atoms with Crippen LogP contribution in [0.1, 0.15) is 30.9 Å². The van der Waals surface area contributed by atoms with Crippen LogP contribution in [-0.4, -0.2) is 26.6 Å². The highest BCUT2D eigenvalue weighted by Gasteiger charge is 2.25. The number of rotatable bonds is 5. The predicted octanol–water partition coefficient (Wildman–Crippen LogP) is 1.26. The summed E-state index contributed by atoms with van der Waals surface area (Å²) >= 11 is 0. The highest BCUT2D eigenvalue weighted by Crippen LogP contribution is 2.29. The van der Waals surface area contributed by atoms with Gasteiger partial charge in [0.05, 0.1) is 12.5 Å². The summed E-state index contributed by atoms with van der Waals surface area (Å²) in [5.74, 6) is -0.138. The number of aromatic nitrogens is 3. The summed E-state index contributed by atoms with van der Waals surface area (Å²) in [6, 6.07) is 7.27. The van der Waals surface area contributed by atoms with E-state index in [9.17, 15) is 9.59 Å². The third-order valence-corrected chi connectivity index (χ3v) is 3.59. The van der Waals surface area contributed by atoms with E-state index in [1.165, 1.54) is 6.33 Å². The van der Waals surface area contributed by atoms with E-state index in [2.05, 4.69) is 20.7 Å². The molecule has 1 aliphatic rings. The number of nitrogens with zero attached hydrogens (tertiary/aromatic N) is 3. The van der Waals surface area contributed by atoms with Crippen molar-refractivity contribution >= 4 is 17.5 Å². The fourth-order valence-electron chi connectivity index (χ4n) is 2.56. The smallest absolute Gasteiger partial charge is 0.226 e. The number of amides is 2. The van der Waals surface area contributed by atoms with Crippen LogP contribution in [0.5, 0.6) is 0 Å². The molecule has 0 saturated carbocycles. The lowest BCUT2D eigenvalue weighted by atomic mass is 9.97. The zero-order valence-electron chi connectivity index (χ0n) is 12.0. The Bertz CT molecular complexity index is 668. The van der Waals surface area contributed by atoms with Crippen LogP contribution < -0.4 is 10.6 Å². The van der Waals surface area contributed by atoms with Crippen LogP contribution in [0.15, 0.2) is 36.9 Å². The molecule has 3 rings (SSSR count). The molecule has 1 aliphatic heterocycles. The van der Waals surface area contributed by atoms with Gasteiger partial charge in [0.2, 0.25) is 11.8 Å². The second kappa shape index (κ2) is 6.38. The first-order valence-corrected chi connectivity index (χ1v) is 7.23. The van der Waals surface area contributed by atoms with Gasteiger partial charge in [-0.05, 0) is 18.1 Å². The maximum atomic E-state index is 12.1. The zero-order valence-corrected chi connectivity index (χ0v) is 12.0. The molecule has 2 amide bonds. The van der Waals surface area contributed by atoms with Crippen molar-refractivity contribution in [3.8, 4) is 0 Å². The van der Waals surface area contributed by atoms with Gasteiger partial charge in [-0.2, -0.15) is 5.10 Å². The van der Waals surface area contributed by atoms with Crippen molar-refractivity contribution in [1.29, 1.82) is 0 Å². The maximum Gasteiger partial charge on any atom is 0.226 e. The van der Waals surface area contributed by atoms with E-state index in [0.717, 1.165) is 11.3 Å². The fourth-order valence-corrected chi connectivity index (χ4v) is 2.56. The molecular weight excluding hydrogens is 282 g/mol. The average molecular weight is 299 g/mol. The second-order valence-corrected chi connectivity index (χ2v) is 5.22. The predicted molar refractivity (Wildman–Crippen MR) is 79.8 cm³/mol. The molecule has 0 unspecified atom stereocenters. The Hall–Kier alpha value is -2.70. The van der Waals surface area contributed by atoms with Crippen LogP contribution in [0.25, 0.3) is 0 Å². The van der Waals surface area contributed by atoms with Gasteiger partial charge in [-0.3, -0.25) is 14.3 Å². The van der Waals surface area contributed by atoms with E-state index in [-0.39, 0.29) is 24.3 Å². The van der Waals surface area contributed by atoms with Gasteiger partial charge in [0.15, 0.2) is 0 Å². The Morgan fingerprint density at radius 3 is 3.09 bits per heavy atom. The molecule has 0 spiro atoms. The highest BCUT2D eigenvalue weighted by atomic mass is 16.2. The first kappa shape index (κ1) is 14.2. The molecule has 0 saturated heterocycles. The second-order valence-electron chi connectivity index (χ2n) is 5.22. The Morgan fingerprint density at radius 2 is 2.27 bits per heavy atom. The topological polar surface area (TPSA) is 88.9 Å². The fraction of sp³-hybridized carbons (Fsp3) is 0.333. The minimum Gasteiger partial charge on any atom is -0.349 e. The quantitative estimate of drug-likeness (QED) is 0.870. The van der Waals surface area contributed by atoms with Gasteiger partial charge >= 0.3 is 0 Å². The van der Waals surface area contributed by atoms with Gasteiger partial charge in [-0.25, -0.2) is 4.98 Å². The molecule has 0 radical (unpaired) electrons. The van der Waals surface area contributed by atoms with E-state index < -0.39 is 0 Å². The molecule has 7 heteroatoms. The van der Waals surface area contributed by atoms with Gasteiger partial charge in [0, 0.05) is 18.7 Å². The number of para-hydroxylation sites is 1. The van der Waals surface area contributed by atoms with Crippen molar-refractivity contribution in [3.05, 3.63) is 42.5 Å². The maximum absolute atomic E-state index is 12.1. The molecule has 1 aromatic carbocycles. The normalized spacial score (nSPS) is 16.7. The lowest BCUT2D eigenvalue weighted by Gasteiger charge is -2.26. The van der Waals surface area contributed by atoms with E-state index in [1.807, 2.05) is 24.3 Å². The summed E-state index contributed by atoms with van der Waals surface area (Å²) in [6.45, 7) is 0.648. The summed E-state index contributed by atoms with van der Waals surface area (Å²) in [7, 11) is 0. The van der Waals surface area contributed by atoms with E-state index in [0.29, 0.717) is 19.4 Å². The third kappa shape index (κ3) is 3.30. The standard InChI is InChI=1S/C15H17N5O2/c21-14(6-3-7-20-10-16-9-17-20)19-13-8-15(22)18-12-5-2-1-4-11(12)13/h1-2,4-5,9-10,13H,3,6-8H2,(H,18,22)(H,19,21)/t13-/m1/s1. The number of fused-ring (bicyclic) bond motifs is 1. The van der Waals surface area contributed by atoms with Gasteiger partial charge in [-0.15, -0.1) is 0 Å². The number of nitrogens with one attached hydrogen (secondary N) is 2. The van der Waals surface area contributed by atoms with E-state index >= 15 is 0 Å². The van der Waals surface area contributed by atoms with Gasteiger partial charge < -0.3 is 10.6 Å². The number of hydrogen-bond acceptors (Lipinski definition) is 4. The van der Waals surface area contributed by atoms with E-state index in [4.69, 9.17) is 0 Å². The summed E-state index contributed by atoms with van der Waals surface area (Å²) in [5.41, 5.74) is 1.72. The van der Waals surface area contributed by atoms with Crippen LogP contribution in [0.3, 0.4) is 0 Å². The monoisotopic (exact) mass is 299 g/mol. The Kier molecular flexibility index (Phi) is 4.13. The SMILES string of the molecule is O=C1C[C@@H](NC(=O)CCCn2cncn2)c2ccccc2N1. The van der Waals surface area contributed by atoms with Crippen molar-refractivity contribution in [2.75, 3.05) is 5.32 Å². The van der Waals surface area contributed by atoms with Crippen molar-refractivity contribution in [2.24, 2.45) is 0 Å². The van der Waals surface area contributed by atoms with Crippen LogP contribution in [0.2, 0.25) is 0 Å². The zero-order chi connectivity index (χ0) is 15.4. The number of aryl methyl sites for hydroxylation is 1.